The lowest BCUT2D eigenvalue weighted by atomic mass is 10.1. The quantitative estimate of drug-likeness (QED) is 0.796. The number of rotatable bonds is 6. The summed E-state index contributed by atoms with van der Waals surface area (Å²) in [5.41, 5.74) is 1.52. The Hall–Kier alpha value is -3.09. The minimum absolute atomic E-state index is 0.224. The van der Waals surface area contributed by atoms with E-state index in [2.05, 4.69) is 5.32 Å². The zero-order valence-electron chi connectivity index (χ0n) is 15.2. The van der Waals surface area contributed by atoms with E-state index in [-0.39, 0.29) is 12.2 Å². The van der Waals surface area contributed by atoms with Crippen LogP contribution in [0, 0.1) is 20.8 Å². The van der Waals surface area contributed by atoms with Gasteiger partial charge in [0.1, 0.15) is 17.1 Å². The molecule has 1 heterocycles. The topological polar surface area (TPSA) is 94.8 Å². The zero-order chi connectivity index (χ0) is 19.3. The van der Waals surface area contributed by atoms with Gasteiger partial charge in [-0.15, -0.1) is 0 Å². The van der Waals surface area contributed by atoms with Gasteiger partial charge in [0.2, 0.25) is 0 Å². The molecule has 2 rings (SSSR count). The molecule has 2 aromatic rings. The molecule has 0 bridgehead atoms. The Morgan fingerprint density at radius 3 is 2.31 bits per heavy atom. The van der Waals surface area contributed by atoms with E-state index in [0.717, 1.165) is 0 Å². The van der Waals surface area contributed by atoms with E-state index in [4.69, 9.17) is 13.9 Å². The summed E-state index contributed by atoms with van der Waals surface area (Å²) < 4.78 is 15.4. The van der Waals surface area contributed by atoms with Crippen molar-refractivity contribution in [1.29, 1.82) is 0 Å². The fourth-order valence-electron chi connectivity index (χ4n) is 2.46. The van der Waals surface area contributed by atoms with Crippen LogP contribution in [-0.2, 0) is 14.3 Å². The first-order valence-electron chi connectivity index (χ1n) is 8.14. The molecule has 26 heavy (non-hydrogen) atoms. The zero-order valence-corrected chi connectivity index (χ0v) is 15.2. The fourth-order valence-corrected chi connectivity index (χ4v) is 2.46. The van der Waals surface area contributed by atoms with Crippen molar-refractivity contribution in [2.24, 2.45) is 0 Å². The van der Waals surface area contributed by atoms with Crippen molar-refractivity contribution < 1.29 is 28.3 Å². The Morgan fingerprint density at radius 2 is 1.69 bits per heavy atom. The molecule has 7 nitrogen and oxygen atoms in total. The molecule has 0 aliphatic carbocycles. The Bertz CT molecular complexity index is 837. The van der Waals surface area contributed by atoms with Gasteiger partial charge in [-0.3, -0.25) is 4.79 Å². The SMILES string of the molecule is CCOC(=O)c1ccccc1NC(=O)COC(=O)c1c(C)oc(C)c1C. The van der Waals surface area contributed by atoms with E-state index in [1.165, 1.54) is 0 Å². The minimum Gasteiger partial charge on any atom is -0.465 e. The van der Waals surface area contributed by atoms with Crippen molar-refractivity contribution in [3.8, 4) is 0 Å². The van der Waals surface area contributed by atoms with Gasteiger partial charge in [-0.25, -0.2) is 9.59 Å². The molecule has 0 atom stereocenters. The van der Waals surface area contributed by atoms with Crippen molar-refractivity contribution in [1.82, 2.24) is 0 Å². The highest BCUT2D eigenvalue weighted by Gasteiger charge is 2.21. The van der Waals surface area contributed by atoms with Crippen molar-refractivity contribution in [2.45, 2.75) is 27.7 Å². The summed E-state index contributed by atoms with van der Waals surface area (Å²) in [4.78, 5) is 36.2. The molecule has 0 unspecified atom stereocenters. The van der Waals surface area contributed by atoms with E-state index in [1.807, 2.05) is 0 Å². The number of aryl methyl sites for hydroxylation is 2. The molecular formula is C19H21NO6. The summed E-state index contributed by atoms with van der Waals surface area (Å²) in [6.45, 7) is 6.59. The number of amides is 1. The third-order valence-corrected chi connectivity index (χ3v) is 3.80. The third-order valence-electron chi connectivity index (χ3n) is 3.80. The Kier molecular flexibility index (Phi) is 6.16. The molecule has 0 fully saturated rings. The molecule has 7 heteroatoms. The van der Waals surface area contributed by atoms with Gasteiger partial charge in [0, 0.05) is 5.56 Å². The monoisotopic (exact) mass is 359 g/mol. The van der Waals surface area contributed by atoms with Crippen LogP contribution >= 0.6 is 0 Å². The lowest BCUT2D eigenvalue weighted by Gasteiger charge is -2.10. The summed E-state index contributed by atoms with van der Waals surface area (Å²) in [7, 11) is 0. The fraction of sp³-hybridized carbons (Fsp3) is 0.316. The van der Waals surface area contributed by atoms with E-state index in [0.29, 0.717) is 28.3 Å². The lowest BCUT2D eigenvalue weighted by molar-refractivity contribution is -0.119. The Morgan fingerprint density at radius 1 is 1.00 bits per heavy atom. The number of benzene rings is 1. The second kappa shape index (κ2) is 8.33. The van der Waals surface area contributed by atoms with Gasteiger partial charge in [-0.05, 0) is 39.8 Å². The standard InChI is InChI=1S/C19H21NO6/c1-5-24-18(22)14-8-6-7-9-15(14)20-16(21)10-25-19(23)17-11(2)12(3)26-13(17)4/h6-9H,5,10H2,1-4H3,(H,20,21). The number of nitrogens with one attached hydrogen (secondary N) is 1. The Balaban J connectivity index is 2.02. The number of hydrogen-bond acceptors (Lipinski definition) is 6. The second-order valence-electron chi connectivity index (χ2n) is 5.60. The average Bonchev–Trinajstić information content (AvgIpc) is 2.85. The van der Waals surface area contributed by atoms with Crippen LogP contribution in [0.3, 0.4) is 0 Å². The lowest BCUT2D eigenvalue weighted by Crippen LogP contribution is -2.22. The van der Waals surface area contributed by atoms with Crippen molar-refractivity contribution in [2.75, 3.05) is 18.5 Å². The summed E-state index contributed by atoms with van der Waals surface area (Å²) >= 11 is 0. The van der Waals surface area contributed by atoms with E-state index in [1.54, 1.807) is 52.0 Å². The van der Waals surface area contributed by atoms with Crippen LogP contribution in [0.5, 0.6) is 0 Å². The number of para-hydroxylation sites is 1. The van der Waals surface area contributed by atoms with E-state index >= 15 is 0 Å². The highest BCUT2D eigenvalue weighted by atomic mass is 16.5. The van der Waals surface area contributed by atoms with Gasteiger partial charge in [0.15, 0.2) is 6.61 Å². The summed E-state index contributed by atoms with van der Waals surface area (Å²) in [6.07, 6.45) is 0. The molecule has 138 valence electrons. The smallest absolute Gasteiger partial charge is 0.342 e. The van der Waals surface area contributed by atoms with Crippen LogP contribution in [0.25, 0.3) is 0 Å². The summed E-state index contributed by atoms with van der Waals surface area (Å²) in [5, 5.41) is 2.55. The van der Waals surface area contributed by atoms with E-state index in [9.17, 15) is 14.4 Å². The molecule has 0 aliphatic rings. The number of anilines is 1. The predicted molar refractivity (Wildman–Crippen MR) is 94.2 cm³/mol. The number of carbonyl (C=O) groups is 3. The van der Waals surface area contributed by atoms with Crippen molar-refractivity contribution in [3.63, 3.8) is 0 Å². The number of furan rings is 1. The molecule has 1 N–H and O–H groups in total. The predicted octanol–water partition coefficient (Wildman–Crippen LogP) is 3.18. The highest BCUT2D eigenvalue weighted by Crippen LogP contribution is 2.21. The van der Waals surface area contributed by atoms with E-state index < -0.39 is 24.5 Å². The minimum atomic E-state index is -0.634. The second-order valence-corrected chi connectivity index (χ2v) is 5.60. The van der Waals surface area contributed by atoms with Gasteiger partial charge in [0.05, 0.1) is 17.9 Å². The molecule has 1 aromatic carbocycles. The third kappa shape index (κ3) is 4.30. The maximum atomic E-state index is 12.2. The van der Waals surface area contributed by atoms with Gasteiger partial charge in [0.25, 0.3) is 5.91 Å². The molecule has 0 saturated carbocycles. The van der Waals surface area contributed by atoms with Crippen molar-refractivity contribution >= 4 is 23.5 Å². The first-order chi connectivity index (χ1) is 12.3. The molecular weight excluding hydrogens is 338 g/mol. The van der Waals surface area contributed by atoms with Crippen LogP contribution < -0.4 is 5.32 Å². The van der Waals surface area contributed by atoms with Gasteiger partial charge < -0.3 is 19.2 Å². The van der Waals surface area contributed by atoms with Crippen LogP contribution in [0.1, 0.15) is 44.7 Å². The molecule has 1 aromatic heterocycles. The first-order valence-corrected chi connectivity index (χ1v) is 8.14. The number of esters is 2. The molecule has 0 aliphatic heterocycles. The van der Waals surface area contributed by atoms with Gasteiger partial charge >= 0.3 is 11.9 Å². The molecule has 0 radical (unpaired) electrons. The molecule has 0 saturated heterocycles. The maximum absolute atomic E-state index is 12.2. The number of hydrogen-bond donors (Lipinski definition) is 1. The van der Waals surface area contributed by atoms with Crippen LogP contribution in [0.2, 0.25) is 0 Å². The summed E-state index contributed by atoms with van der Waals surface area (Å²) in [5.74, 6) is -0.669. The summed E-state index contributed by atoms with van der Waals surface area (Å²) in [6, 6.07) is 6.44. The molecule has 1 amide bonds. The van der Waals surface area contributed by atoms with Crippen LogP contribution in [0.4, 0.5) is 5.69 Å². The van der Waals surface area contributed by atoms with Gasteiger partial charge in [-0.1, -0.05) is 12.1 Å². The van der Waals surface area contributed by atoms with Crippen molar-refractivity contribution in [3.05, 3.63) is 52.5 Å². The van der Waals surface area contributed by atoms with Crippen LogP contribution in [-0.4, -0.2) is 31.1 Å². The largest absolute Gasteiger partial charge is 0.465 e. The number of carbonyl (C=O) groups excluding carboxylic acids is 3. The average molecular weight is 359 g/mol. The highest BCUT2D eigenvalue weighted by molar-refractivity contribution is 6.02. The van der Waals surface area contributed by atoms with Crippen LogP contribution in [0.15, 0.2) is 28.7 Å². The first kappa shape index (κ1) is 19.2. The normalized spacial score (nSPS) is 10.3. The number of ether oxygens (including phenoxy) is 2. The molecule has 0 spiro atoms. The Labute approximate surface area is 151 Å². The maximum Gasteiger partial charge on any atom is 0.342 e. The van der Waals surface area contributed by atoms with Gasteiger partial charge in [-0.2, -0.15) is 0 Å².